The van der Waals surface area contributed by atoms with Gasteiger partial charge in [0.05, 0.1) is 18.0 Å². The monoisotopic (exact) mass is 295 g/mol. The number of halogens is 1. The summed E-state index contributed by atoms with van der Waals surface area (Å²) >= 11 is 0. The molecule has 1 aliphatic carbocycles. The van der Waals surface area contributed by atoms with Crippen LogP contribution >= 0.6 is 0 Å². The van der Waals surface area contributed by atoms with E-state index in [1.54, 1.807) is 0 Å². The van der Waals surface area contributed by atoms with Gasteiger partial charge in [0.25, 0.3) is 0 Å². The van der Waals surface area contributed by atoms with E-state index >= 15 is 0 Å². The van der Waals surface area contributed by atoms with E-state index in [0.29, 0.717) is 11.8 Å². The largest absolute Gasteiger partial charge is 1.00 e. The average Bonchev–Trinajstić information content (AvgIpc) is 2.82. The van der Waals surface area contributed by atoms with Crippen molar-refractivity contribution in [2.45, 2.75) is 45.1 Å². The number of aliphatic imine (C=N–C) groups is 2. The number of rotatable bonds is 2. The Balaban J connectivity index is 0.00000147. The zero-order valence-corrected chi connectivity index (χ0v) is 12.8. The van der Waals surface area contributed by atoms with E-state index in [1.165, 1.54) is 16.3 Å². The first-order chi connectivity index (χ1) is 9.05. The van der Waals surface area contributed by atoms with E-state index in [9.17, 15) is 5.11 Å². The lowest BCUT2D eigenvalue weighted by molar-refractivity contribution is -0.682. The Hall–Kier alpha value is -0.970. The van der Waals surface area contributed by atoms with Gasteiger partial charge in [0, 0.05) is 5.92 Å². The fourth-order valence-electron chi connectivity index (χ4n) is 3.34. The lowest BCUT2D eigenvalue weighted by Crippen LogP contribution is -3.04. The normalized spacial score (nSPS) is 32.2. The van der Waals surface area contributed by atoms with Crippen LogP contribution < -0.4 is 17.3 Å². The Morgan fingerprint density at radius 1 is 1.25 bits per heavy atom. The molecule has 5 heteroatoms. The minimum absolute atomic E-state index is 0. The van der Waals surface area contributed by atoms with Crippen LogP contribution in [0.3, 0.4) is 0 Å². The summed E-state index contributed by atoms with van der Waals surface area (Å²) in [6.45, 7) is 3.86. The second kappa shape index (κ2) is 5.80. The lowest BCUT2D eigenvalue weighted by Gasteiger charge is -2.35. The van der Waals surface area contributed by atoms with Crippen molar-refractivity contribution in [2.75, 3.05) is 0 Å². The Kier molecular flexibility index (Phi) is 4.47. The van der Waals surface area contributed by atoms with Gasteiger partial charge in [-0.3, -0.25) is 4.99 Å². The van der Waals surface area contributed by atoms with Gasteiger partial charge >= 0.3 is 0 Å². The highest BCUT2D eigenvalue weighted by atomic mass is 35.5. The molecular formula is C15H22ClN3O. The van der Waals surface area contributed by atoms with Crippen molar-refractivity contribution >= 4 is 12.6 Å². The van der Waals surface area contributed by atoms with Gasteiger partial charge in [-0.05, 0) is 45.4 Å². The van der Waals surface area contributed by atoms with Crippen LogP contribution in [0, 0.1) is 11.8 Å². The van der Waals surface area contributed by atoms with E-state index < -0.39 is 5.60 Å². The van der Waals surface area contributed by atoms with Gasteiger partial charge in [0.1, 0.15) is 11.9 Å². The molecule has 0 saturated heterocycles. The molecular weight excluding hydrogens is 274 g/mol. The van der Waals surface area contributed by atoms with Crippen molar-refractivity contribution in [3.63, 3.8) is 0 Å². The van der Waals surface area contributed by atoms with Crippen molar-refractivity contribution in [3.05, 3.63) is 23.8 Å². The third-order valence-corrected chi connectivity index (χ3v) is 4.59. The van der Waals surface area contributed by atoms with E-state index in [2.05, 4.69) is 9.98 Å². The molecule has 4 nitrogen and oxygen atoms in total. The molecule has 1 fully saturated rings. The molecule has 3 aliphatic rings. The SMILES string of the molecule is CC(C)(O)C1CCC(C2=C3C=NC=C[NH+]3C=N2)CC1.[Cl-]. The predicted molar refractivity (Wildman–Crippen MR) is 75.9 cm³/mol. The van der Waals surface area contributed by atoms with E-state index in [0.717, 1.165) is 25.7 Å². The van der Waals surface area contributed by atoms with Crippen molar-refractivity contribution in [3.8, 4) is 0 Å². The van der Waals surface area contributed by atoms with E-state index in [1.807, 2.05) is 38.8 Å². The second-order valence-electron chi connectivity index (χ2n) is 6.31. The summed E-state index contributed by atoms with van der Waals surface area (Å²) < 4.78 is 0. The van der Waals surface area contributed by atoms with Gasteiger partial charge in [-0.15, -0.1) is 0 Å². The summed E-state index contributed by atoms with van der Waals surface area (Å²) in [6, 6.07) is 0. The molecule has 0 bridgehead atoms. The fourth-order valence-corrected chi connectivity index (χ4v) is 3.34. The highest BCUT2D eigenvalue weighted by molar-refractivity contribution is 5.81. The maximum absolute atomic E-state index is 10.1. The topological polar surface area (TPSA) is 49.4 Å². The van der Waals surface area contributed by atoms with Crippen molar-refractivity contribution in [1.29, 1.82) is 0 Å². The maximum Gasteiger partial charge on any atom is 0.198 e. The van der Waals surface area contributed by atoms with E-state index in [-0.39, 0.29) is 12.4 Å². The van der Waals surface area contributed by atoms with Crippen molar-refractivity contribution in [2.24, 2.45) is 21.8 Å². The van der Waals surface area contributed by atoms with Gasteiger partial charge in [-0.2, -0.15) is 0 Å². The first kappa shape index (κ1) is 15.4. The highest BCUT2D eigenvalue weighted by Gasteiger charge is 2.36. The van der Waals surface area contributed by atoms with Gasteiger partial charge < -0.3 is 17.5 Å². The summed E-state index contributed by atoms with van der Waals surface area (Å²) in [5, 5.41) is 10.1. The third kappa shape index (κ3) is 2.87. The fraction of sp³-hybridized carbons (Fsp3) is 0.600. The van der Waals surface area contributed by atoms with Crippen LogP contribution in [0.2, 0.25) is 0 Å². The van der Waals surface area contributed by atoms with Crippen LogP contribution in [0.4, 0.5) is 0 Å². The lowest BCUT2D eigenvalue weighted by atomic mass is 9.74. The van der Waals surface area contributed by atoms with Crippen LogP contribution in [0.5, 0.6) is 0 Å². The highest BCUT2D eigenvalue weighted by Crippen LogP contribution is 2.39. The van der Waals surface area contributed by atoms with Crippen molar-refractivity contribution in [1.82, 2.24) is 0 Å². The molecule has 2 N–H and O–H groups in total. The molecule has 0 aromatic carbocycles. The number of nitrogens with zero attached hydrogens (tertiary/aromatic N) is 2. The summed E-state index contributed by atoms with van der Waals surface area (Å²) in [5.74, 6) is 0.948. The first-order valence-electron chi connectivity index (χ1n) is 7.13. The Labute approximate surface area is 126 Å². The zero-order chi connectivity index (χ0) is 13.5. The second-order valence-corrected chi connectivity index (χ2v) is 6.31. The molecule has 0 spiro atoms. The molecule has 1 unspecified atom stereocenters. The van der Waals surface area contributed by atoms with Gasteiger partial charge in [-0.1, -0.05) is 0 Å². The molecule has 3 rings (SSSR count). The summed E-state index contributed by atoms with van der Waals surface area (Å²) in [4.78, 5) is 10.0. The quantitative estimate of drug-likeness (QED) is 0.624. The van der Waals surface area contributed by atoms with Gasteiger partial charge in [0.2, 0.25) is 0 Å². The number of aliphatic hydroxyl groups is 1. The number of nitrogens with one attached hydrogen (secondary N) is 1. The standard InChI is InChI=1S/C15H21N3O.ClH/c1-15(2,19)12-5-3-11(4-6-12)14-13-9-16-7-8-18(13)10-17-14;/h7-12,19H,3-6H2,1-2H3;1H. The van der Waals surface area contributed by atoms with Crippen LogP contribution in [-0.2, 0) is 0 Å². The Morgan fingerprint density at radius 3 is 2.60 bits per heavy atom. The van der Waals surface area contributed by atoms with Crippen LogP contribution in [-0.4, -0.2) is 23.3 Å². The van der Waals surface area contributed by atoms with Crippen LogP contribution in [0.1, 0.15) is 39.5 Å². The predicted octanol–water partition coefficient (Wildman–Crippen LogP) is -1.74. The molecule has 1 saturated carbocycles. The molecule has 2 heterocycles. The minimum atomic E-state index is -0.548. The smallest absolute Gasteiger partial charge is 0.198 e. The molecule has 0 aromatic rings. The van der Waals surface area contributed by atoms with Crippen molar-refractivity contribution < 1.29 is 22.4 Å². The Morgan fingerprint density at radius 2 is 1.95 bits per heavy atom. The molecule has 20 heavy (non-hydrogen) atoms. The van der Waals surface area contributed by atoms with E-state index in [4.69, 9.17) is 0 Å². The molecule has 0 aromatic heterocycles. The van der Waals surface area contributed by atoms with Crippen LogP contribution in [0.25, 0.3) is 0 Å². The summed E-state index contributed by atoms with van der Waals surface area (Å²) in [5.41, 5.74) is 1.86. The van der Waals surface area contributed by atoms with Gasteiger partial charge in [0.15, 0.2) is 12.0 Å². The molecule has 0 amide bonds. The number of allylic oxidation sites excluding steroid dienone is 2. The number of quaternary nitrogens is 1. The number of hydrogen-bond donors (Lipinski definition) is 2. The molecule has 1 atom stereocenters. The molecule has 0 radical (unpaired) electrons. The maximum atomic E-state index is 10.1. The third-order valence-electron chi connectivity index (χ3n) is 4.59. The average molecular weight is 296 g/mol. The first-order valence-corrected chi connectivity index (χ1v) is 7.13. The van der Waals surface area contributed by atoms with Crippen LogP contribution in [0.15, 0.2) is 33.8 Å². The van der Waals surface area contributed by atoms with Gasteiger partial charge in [-0.25, -0.2) is 9.89 Å². The summed E-state index contributed by atoms with van der Waals surface area (Å²) in [7, 11) is 0. The molecule has 110 valence electrons. The summed E-state index contributed by atoms with van der Waals surface area (Å²) in [6.07, 6.45) is 12.1. The zero-order valence-electron chi connectivity index (χ0n) is 12.0. The number of fused-ring (bicyclic) bond motifs is 1. The Bertz CT molecular complexity index is 480. The molecule has 2 aliphatic heterocycles. The minimum Gasteiger partial charge on any atom is -1.00 e. The number of hydrogen-bond acceptors (Lipinski definition) is 3.